The Hall–Kier alpha value is -2.10. The van der Waals surface area contributed by atoms with E-state index in [1.54, 1.807) is 12.1 Å². The monoisotopic (exact) mass is 232 g/mol. The van der Waals surface area contributed by atoms with Gasteiger partial charge in [-0.25, -0.2) is 0 Å². The molecule has 88 valence electrons. The second-order valence-electron chi connectivity index (χ2n) is 4.04. The largest absolute Gasteiger partial charge is 0.481 e. The molecule has 0 saturated heterocycles. The number of rotatable bonds is 3. The highest BCUT2D eigenvalue weighted by Crippen LogP contribution is 2.27. The van der Waals surface area contributed by atoms with Crippen LogP contribution >= 0.6 is 0 Å². The van der Waals surface area contributed by atoms with Gasteiger partial charge in [0.05, 0.1) is 6.42 Å². The molecule has 2 aromatic rings. The Morgan fingerprint density at radius 2 is 2.06 bits per heavy atom. The zero-order valence-electron chi connectivity index (χ0n) is 9.61. The van der Waals surface area contributed by atoms with E-state index in [2.05, 4.69) is 0 Å². The SMILES string of the molecule is CC(=O)c1oc2cc(C)ccc2c1CC(=O)O. The van der Waals surface area contributed by atoms with Crippen LogP contribution in [0.5, 0.6) is 0 Å². The summed E-state index contributed by atoms with van der Waals surface area (Å²) in [5, 5.41) is 9.55. The molecule has 1 aromatic carbocycles. The fourth-order valence-corrected chi connectivity index (χ4v) is 1.87. The molecule has 0 bridgehead atoms. The Kier molecular flexibility index (Phi) is 2.71. The highest BCUT2D eigenvalue weighted by molar-refractivity contribution is 6.00. The Bertz CT molecular complexity index is 607. The van der Waals surface area contributed by atoms with Gasteiger partial charge in [-0.1, -0.05) is 12.1 Å². The number of ketones is 1. The van der Waals surface area contributed by atoms with Gasteiger partial charge in [-0.3, -0.25) is 9.59 Å². The van der Waals surface area contributed by atoms with Gasteiger partial charge in [0, 0.05) is 17.9 Å². The summed E-state index contributed by atoms with van der Waals surface area (Å²) in [5.41, 5.74) is 2.02. The average molecular weight is 232 g/mol. The minimum Gasteiger partial charge on any atom is -0.481 e. The van der Waals surface area contributed by atoms with Gasteiger partial charge in [-0.15, -0.1) is 0 Å². The number of aryl methyl sites for hydroxylation is 1. The average Bonchev–Trinajstić information content (AvgIpc) is 2.55. The fraction of sp³-hybridized carbons (Fsp3) is 0.231. The number of hydrogen-bond acceptors (Lipinski definition) is 3. The van der Waals surface area contributed by atoms with Crippen molar-refractivity contribution in [2.45, 2.75) is 20.3 Å². The van der Waals surface area contributed by atoms with Crippen LogP contribution in [-0.2, 0) is 11.2 Å². The summed E-state index contributed by atoms with van der Waals surface area (Å²) in [4.78, 5) is 22.2. The van der Waals surface area contributed by atoms with Crippen molar-refractivity contribution in [2.24, 2.45) is 0 Å². The van der Waals surface area contributed by atoms with Gasteiger partial charge >= 0.3 is 5.97 Å². The van der Waals surface area contributed by atoms with Crippen molar-refractivity contribution < 1.29 is 19.1 Å². The molecule has 0 aliphatic rings. The van der Waals surface area contributed by atoms with E-state index in [9.17, 15) is 9.59 Å². The molecule has 1 heterocycles. The van der Waals surface area contributed by atoms with Crippen LogP contribution in [-0.4, -0.2) is 16.9 Å². The van der Waals surface area contributed by atoms with Crippen molar-refractivity contribution >= 4 is 22.7 Å². The second kappa shape index (κ2) is 4.05. The highest BCUT2D eigenvalue weighted by Gasteiger charge is 2.19. The summed E-state index contributed by atoms with van der Waals surface area (Å²) >= 11 is 0. The molecule has 0 spiro atoms. The number of carboxylic acid groups (broad SMARTS) is 1. The summed E-state index contributed by atoms with van der Waals surface area (Å²) in [6, 6.07) is 5.46. The van der Waals surface area contributed by atoms with Gasteiger partial charge in [-0.2, -0.15) is 0 Å². The van der Waals surface area contributed by atoms with Crippen LogP contribution in [0.2, 0.25) is 0 Å². The maximum absolute atomic E-state index is 11.4. The number of aliphatic carboxylic acids is 1. The van der Waals surface area contributed by atoms with Gasteiger partial charge < -0.3 is 9.52 Å². The summed E-state index contributed by atoms with van der Waals surface area (Å²) in [5.74, 6) is -1.08. The predicted molar refractivity (Wildman–Crippen MR) is 62.3 cm³/mol. The van der Waals surface area contributed by atoms with E-state index in [0.717, 1.165) is 5.56 Å². The summed E-state index contributed by atoms with van der Waals surface area (Å²) < 4.78 is 5.43. The van der Waals surface area contributed by atoms with Crippen LogP contribution in [0.4, 0.5) is 0 Å². The molecule has 2 rings (SSSR count). The molecule has 0 atom stereocenters. The van der Waals surface area contributed by atoms with Crippen LogP contribution in [0.1, 0.15) is 28.6 Å². The van der Waals surface area contributed by atoms with Gasteiger partial charge in [0.15, 0.2) is 11.5 Å². The molecule has 0 unspecified atom stereocenters. The van der Waals surface area contributed by atoms with Crippen LogP contribution < -0.4 is 0 Å². The third-order valence-electron chi connectivity index (χ3n) is 2.60. The Balaban J connectivity index is 2.71. The van der Waals surface area contributed by atoms with E-state index >= 15 is 0 Å². The van der Waals surface area contributed by atoms with Gasteiger partial charge in [0.25, 0.3) is 0 Å². The molecule has 0 fully saturated rings. The number of fused-ring (bicyclic) bond motifs is 1. The van der Waals surface area contributed by atoms with Crippen LogP contribution in [0.3, 0.4) is 0 Å². The molecule has 0 saturated carbocycles. The topological polar surface area (TPSA) is 67.5 Å². The smallest absolute Gasteiger partial charge is 0.307 e. The van der Waals surface area contributed by atoms with E-state index in [0.29, 0.717) is 16.5 Å². The first-order valence-corrected chi connectivity index (χ1v) is 5.24. The first kappa shape index (κ1) is 11.4. The minimum atomic E-state index is -0.976. The second-order valence-corrected chi connectivity index (χ2v) is 4.04. The molecule has 0 amide bonds. The van der Waals surface area contributed by atoms with Crippen molar-refractivity contribution in [1.82, 2.24) is 0 Å². The number of carboxylic acids is 1. The molecular weight excluding hydrogens is 220 g/mol. The zero-order valence-corrected chi connectivity index (χ0v) is 9.61. The van der Waals surface area contributed by atoms with Crippen LogP contribution in [0, 0.1) is 6.92 Å². The number of furan rings is 1. The summed E-state index contributed by atoms with van der Waals surface area (Å²) in [6.07, 6.45) is -0.203. The lowest BCUT2D eigenvalue weighted by Crippen LogP contribution is -2.04. The van der Waals surface area contributed by atoms with E-state index in [1.165, 1.54) is 6.92 Å². The summed E-state index contributed by atoms with van der Waals surface area (Å²) in [6.45, 7) is 3.28. The van der Waals surface area contributed by atoms with Crippen molar-refractivity contribution in [3.8, 4) is 0 Å². The van der Waals surface area contributed by atoms with Crippen LogP contribution in [0.15, 0.2) is 22.6 Å². The Labute approximate surface area is 97.8 Å². The highest BCUT2D eigenvalue weighted by atomic mass is 16.4. The lowest BCUT2D eigenvalue weighted by molar-refractivity contribution is -0.136. The van der Waals surface area contributed by atoms with E-state index in [4.69, 9.17) is 9.52 Å². The molecule has 4 heteroatoms. The van der Waals surface area contributed by atoms with E-state index in [-0.39, 0.29) is 18.0 Å². The Morgan fingerprint density at radius 3 is 2.65 bits per heavy atom. The normalized spacial score (nSPS) is 10.7. The van der Waals surface area contributed by atoms with E-state index < -0.39 is 5.97 Å². The maximum atomic E-state index is 11.4. The number of carbonyl (C=O) groups excluding carboxylic acids is 1. The fourth-order valence-electron chi connectivity index (χ4n) is 1.87. The van der Waals surface area contributed by atoms with Gasteiger partial charge in [0.1, 0.15) is 5.58 Å². The lowest BCUT2D eigenvalue weighted by atomic mass is 10.0. The van der Waals surface area contributed by atoms with Crippen molar-refractivity contribution in [3.05, 3.63) is 35.1 Å². The summed E-state index contributed by atoms with van der Waals surface area (Å²) in [7, 11) is 0. The van der Waals surface area contributed by atoms with Crippen molar-refractivity contribution in [1.29, 1.82) is 0 Å². The molecular formula is C13H12O4. The first-order chi connectivity index (χ1) is 7.99. The number of hydrogen-bond donors (Lipinski definition) is 1. The molecule has 0 radical (unpaired) electrons. The maximum Gasteiger partial charge on any atom is 0.307 e. The van der Waals surface area contributed by atoms with Crippen molar-refractivity contribution in [3.63, 3.8) is 0 Å². The zero-order chi connectivity index (χ0) is 12.6. The molecule has 0 aliphatic carbocycles. The van der Waals surface area contributed by atoms with Crippen molar-refractivity contribution in [2.75, 3.05) is 0 Å². The molecule has 1 N–H and O–H groups in total. The van der Waals surface area contributed by atoms with Gasteiger partial charge in [0.2, 0.25) is 0 Å². The Morgan fingerprint density at radius 1 is 1.35 bits per heavy atom. The first-order valence-electron chi connectivity index (χ1n) is 5.24. The lowest BCUT2D eigenvalue weighted by Gasteiger charge is -1.96. The van der Waals surface area contributed by atoms with E-state index in [1.807, 2.05) is 13.0 Å². The number of carbonyl (C=O) groups is 2. The minimum absolute atomic E-state index is 0.146. The van der Waals surface area contributed by atoms with Crippen LogP contribution in [0.25, 0.3) is 11.0 Å². The standard InChI is InChI=1S/C13H12O4/c1-7-3-4-9-10(6-12(15)16)13(8(2)14)17-11(9)5-7/h3-5H,6H2,1-2H3,(H,15,16). The number of Topliss-reactive ketones (excluding diaryl/α,β-unsaturated/α-hetero) is 1. The van der Waals surface area contributed by atoms with Gasteiger partial charge in [-0.05, 0) is 18.6 Å². The molecule has 1 aromatic heterocycles. The molecule has 17 heavy (non-hydrogen) atoms. The number of benzene rings is 1. The third kappa shape index (κ3) is 2.06. The quantitative estimate of drug-likeness (QED) is 0.826. The molecule has 0 aliphatic heterocycles. The molecule has 4 nitrogen and oxygen atoms in total. The third-order valence-corrected chi connectivity index (χ3v) is 2.60. The predicted octanol–water partition coefficient (Wildman–Crippen LogP) is 2.57.